The summed E-state index contributed by atoms with van der Waals surface area (Å²) in [6.45, 7) is 5.05. The van der Waals surface area contributed by atoms with E-state index in [0.29, 0.717) is 11.8 Å². The zero-order chi connectivity index (χ0) is 13.8. The quantitative estimate of drug-likeness (QED) is 0.894. The van der Waals surface area contributed by atoms with Gasteiger partial charge in [-0.3, -0.25) is 0 Å². The van der Waals surface area contributed by atoms with Crippen molar-refractivity contribution in [2.75, 3.05) is 19.7 Å². The van der Waals surface area contributed by atoms with E-state index < -0.39 is 0 Å². The Hall–Kier alpha value is -1.80. The Morgan fingerprint density at radius 2 is 1.85 bits per heavy atom. The highest BCUT2D eigenvalue weighted by atomic mass is 16.5. The summed E-state index contributed by atoms with van der Waals surface area (Å²) in [7, 11) is 0. The lowest BCUT2D eigenvalue weighted by Gasteiger charge is -2.15. The summed E-state index contributed by atoms with van der Waals surface area (Å²) < 4.78 is 5.71. The molecule has 0 saturated heterocycles. The summed E-state index contributed by atoms with van der Waals surface area (Å²) in [5, 5.41) is 3.59. The molecule has 0 amide bonds. The average Bonchev–Trinajstić information content (AvgIpc) is 2.92. The maximum Gasteiger partial charge on any atom is 0.122 e. The number of hydrogen-bond acceptors (Lipinski definition) is 2. The number of benzene rings is 2. The standard InChI is InChI=1S/C18H21NO/c1-14(15-7-3-2-4-8-15)11-19-12-16-13-20-18-10-6-5-9-17(16)18/h2-10,14,16,19H,11-13H2,1H3. The van der Waals surface area contributed by atoms with Crippen LogP contribution in [-0.4, -0.2) is 19.7 Å². The van der Waals surface area contributed by atoms with Crippen molar-refractivity contribution in [1.82, 2.24) is 5.32 Å². The summed E-state index contributed by atoms with van der Waals surface area (Å²) in [6.07, 6.45) is 0. The molecule has 0 radical (unpaired) electrons. The van der Waals surface area contributed by atoms with Crippen LogP contribution in [-0.2, 0) is 0 Å². The average molecular weight is 267 g/mol. The topological polar surface area (TPSA) is 21.3 Å². The zero-order valence-corrected chi connectivity index (χ0v) is 11.9. The molecule has 2 atom stereocenters. The zero-order valence-electron chi connectivity index (χ0n) is 11.9. The van der Waals surface area contributed by atoms with Crippen LogP contribution in [0.3, 0.4) is 0 Å². The molecule has 0 bridgehead atoms. The van der Waals surface area contributed by atoms with E-state index in [9.17, 15) is 0 Å². The van der Waals surface area contributed by atoms with E-state index >= 15 is 0 Å². The maximum atomic E-state index is 5.71. The minimum absolute atomic E-state index is 0.481. The molecule has 104 valence electrons. The third-order valence-corrected chi connectivity index (χ3v) is 4.01. The fourth-order valence-corrected chi connectivity index (χ4v) is 2.77. The van der Waals surface area contributed by atoms with Gasteiger partial charge in [-0.15, -0.1) is 0 Å². The number of ether oxygens (including phenoxy) is 1. The van der Waals surface area contributed by atoms with Gasteiger partial charge in [0.1, 0.15) is 5.75 Å². The van der Waals surface area contributed by atoms with Gasteiger partial charge in [-0.1, -0.05) is 55.5 Å². The Balaban J connectivity index is 1.52. The Morgan fingerprint density at radius 1 is 1.10 bits per heavy atom. The molecule has 0 spiro atoms. The van der Waals surface area contributed by atoms with Gasteiger partial charge in [0, 0.05) is 24.6 Å². The van der Waals surface area contributed by atoms with E-state index in [0.717, 1.165) is 25.4 Å². The van der Waals surface area contributed by atoms with Gasteiger partial charge in [0.05, 0.1) is 6.61 Å². The van der Waals surface area contributed by atoms with Crippen molar-refractivity contribution in [2.45, 2.75) is 18.8 Å². The van der Waals surface area contributed by atoms with Gasteiger partial charge in [-0.2, -0.15) is 0 Å². The lowest BCUT2D eigenvalue weighted by molar-refractivity contribution is 0.326. The first-order valence-electron chi connectivity index (χ1n) is 7.32. The van der Waals surface area contributed by atoms with Crippen molar-refractivity contribution >= 4 is 0 Å². The first kappa shape index (κ1) is 13.2. The highest BCUT2D eigenvalue weighted by Gasteiger charge is 2.23. The van der Waals surface area contributed by atoms with Gasteiger partial charge < -0.3 is 10.1 Å². The molecule has 2 unspecified atom stereocenters. The molecular formula is C18H21NO. The van der Waals surface area contributed by atoms with Crippen LogP contribution in [0.25, 0.3) is 0 Å². The predicted molar refractivity (Wildman–Crippen MR) is 82.4 cm³/mol. The Kier molecular flexibility index (Phi) is 4.03. The molecule has 2 aromatic rings. The van der Waals surface area contributed by atoms with Crippen LogP contribution < -0.4 is 10.1 Å². The largest absolute Gasteiger partial charge is 0.493 e. The van der Waals surface area contributed by atoms with Crippen LogP contribution in [0.1, 0.15) is 29.9 Å². The molecule has 20 heavy (non-hydrogen) atoms. The number of nitrogens with one attached hydrogen (secondary N) is 1. The van der Waals surface area contributed by atoms with Crippen LogP contribution in [0.4, 0.5) is 0 Å². The molecule has 3 rings (SSSR count). The van der Waals surface area contributed by atoms with Crippen LogP contribution in [0.15, 0.2) is 54.6 Å². The normalized spacial score (nSPS) is 18.4. The van der Waals surface area contributed by atoms with E-state index in [4.69, 9.17) is 4.74 Å². The Morgan fingerprint density at radius 3 is 2.70 bits per heavy atom. The van der Waals surface area contributed by atoms with Gasteiger partial charge in [0.25, 0.3) is 0 Å². The van der Waals surface area contributed by atoms with Crippen LogP contribution in [0.2, 0.25) is 0 Å². The van der Waals surface area contributed by atoms with Gasteiger partial charge >= 0.3 is 0 Å². The molecule has 1 N–H and O–H groups in total. The first-order valence-corrected chi connectivity index (χ1v) is 7.32. The fraction of sp³-hybridized carbons (Fsp3) is 0.333. The summed E-state index contributed by atoms with van der Waals surface area (Å²) in [5.74, 6) is 2.07. The van der Waals surface area contributed by atoms with E-state index in [1.54, 1.807) is 0 Å². The Bertz CT molecular complexity index is 552. The lowest BCUT2D eigenvalue weighted by atomic mass is 9.99. The lowest BCUT2D eigenvalue weighted by Crippen LogP contribution is -2.26. The third-order valence-electron chi connectivity index (χ3n) is 4.01. The summed E-state index contributed by atoms with van der Waals surface area (Å²) in [5.41, 5.74) is 2.73. The second-order valence-corrected chi connectivity index (χ2v) is 5.52. The summed E-state index contributed by atoms with van der Waals surface area (Å²) >= 11 is 0. The van der Waals surface area contributed by atoms with Crippen LogP contribution in [0, 0.1) is 0 Å². The van der Waals surface area contributed by atoms with Gasteiger partial charge in [-0.05, 0) is 17.5 Å². The highest BCUT2D eigenvalue weighted by molar-refractivity contribution is 5.39. The molecule has 1 aliphatic heterocycles. The van der Waals surface area contributed by atoms with Crippen molar-refractivity contribution in [3.63, 3.8) is 0 Å². The van der Waals surface area contributed by atoms with Crippen LogP contribution >= 0.6 is 0 Å². The second-order valence-electron chi connectivity index (χ2n) is 5.52. The molecule has 2 heteroatoms. The van der Waals surface area contributed by atoms with E-state index in [-0.39, 0.29) is 0 Å². The second kappa shape index (κ2) is 6.10. The summed E-state index contributed by atoms with van der Waals surface area (Å²) in [4.78, 5) is 0. The number of fused-ring (bicyclic) bond motifs is 1. The monoisotopic (exact) mass is 267 g/mol. The molecule has 1 heterocycles. The van der Waals surface area contributed by atoms with Crippen molar-refractivity contribution in [3.8, 4) is 5.75 Å². The third kappa shape index (κ3) is 2.86. The molecule has 0 aliphatic carbocycles. The van der Waals surface area contributed by atoms with Gasteiger partial charge in [-0.25, -0.2) is 0 Å². The van der Waals surface area contributed by atoms with E-state index in [1.807, 2.05) is 6.07 Å². The number of para-hydroxylation sites is 1. The minimum Gasteiger partial charge on any atom is -0.493 e. The molecule has 0 saturated carbocycles. The molecule has 2 nitrogen and oxygen atoms in total. The minimum atomic E-state index is 0.481. The van der Waals surface area contributed by atoms with Crippen molar-refractivity contribution in [1.29, 1.82) is 0 Å². The molecule has 0 aromatic heterocycles. The van der Waals surface area contributed by atoms with Crippen LogP contribution in [0.5, 0.6) is 5.75 Å². The predicted octanol–water partition coefficient (Wildman–Crippen LogP) is 3.56. The SMILES string of the molecule is CC(CNCC1COc2ccccc21)c1ccccc1. The fourth-order valence-electron chi connectivity index (χ4n) is 2.77. The van der Waals surface area contributed by atoms with Crippen molar-refractivity contribution < 1.29 is 4.74 Å². The smallest absolute Gasteiger partial charge is 0.122 e. The van der Waals surface area contributed by atoms with Gasteiger partial charge in [0.15, 0.2) is 0 Å². The molecule has 2 aromatic carbocycles. The number of hydrogen-bond donors (Lipinski definition) is 1. The number of rotatable bonds is 5. The van der Waals surface area contributed by atoms with Crippen molar-refractivity contribution in [2.24, 2.45) is 0 Å². The molecule has 1 aliphatic rings. The Labute approximate surface area is 120 Å². The molecule has 0 fully saturated rings. The van der Waals surface area contributed by atoms with E-state index in [1.165, 1.54) is 11.1 Å². The maximum absolute atomic E-state index is 5.71. The first-order chi connectivity index (χ1) is 9.84. The van der Waals surface area contributed by atoms with Crippen molar-refractivity contribution in [3.05, 3.63) is 65.7 Å². The highest BCUT2D eigenvalue weighted by Crippen LogP contribution is 2.32. The molecular weight excluding hydrogens is 246 g/mol. The van der Waals surface area contributed by atoms with Gasteiger partial charge in [0.2, 0.25) is 0 Å². The summed E-state index contributed by atoms with van der Waals surface area (Å²) in [6, 6.07) is 19.0. The van der Waals surface area contributed by atoms with E-state index in [2.05, 4.69) is 60.8 Å².